The van der Waals surface area contributed by atoms with E-state index in [-0.39, 0.29) is 18.2 Å². The molecule has 0 aliphatic carbocycles. The van der Waals surface area contributed by atoms with Crippen LogP contribution in [0.3, 0.4) is 0 Å². The van der Waals surface area contributed by atoms with E-state index in [4.69, 9.17) is 14.9 Å². The van der Waals surface area contributed by atoms with Crippen LogP contribution in [0.15, 0.2) is 0 Å². The first-order valence-corrected chi connectivity index (χ1v) is 7.57. The lowest BCUT2D eigenvalue weighted by atomic mass is 10.0. The van der Waals surface area contributed by atoms with Crippen LogP contribution in [0.5, 0.6) is 0 Å². The van der Waals surface area contributed by atoms with Crippen LogP contribution in [0, 0.1) is 5.41 Å². The molecule has 1 rings (SSSR count). The van der Waals surface area contributed by atoms with Crippen LogP contribution in [0.4, 0.5) is 4.79 Å². The van der Waals surface area contributed by atoms with Crippen molar-refractivity contribution in [3.8, 4) is 0 Å². The Morgan fingerprint density at radius 3 is 2.76 bits per heavy atom. The molecule has 8 nitrogen and oxygen atoms in total. The minimum absolute atomic E-state index is 0.156. The maximum Gasteiger partial charge on any atom is 0.407 e. The molecule has 1 aliphatic rings. The zero-order chi connectivity index (χ0) is 16.0. The molecule has 4 N–H and O–H groups in total. The summed E-state index contributed by atoms with van der Waals surface area (Å²) in [6.07, 6.45) is -3.30. The smallest absolute Gasteiger partial charge is 0.407 e. The van der Waals surface area contributed by atoms with E-state index in [1.54, 1.807) is 25.9 Å². The molecule has 0 spiro atoms. The third-order valence-corrected chi connectivity index (χ3v) is 4.04. The highest BCUT2D eigenvalue weighted by molar-refractivity contribution is 8.14. The molecule has 1 aliphatic heterocycles. The zero-order valence-electron chi connectivity index (χ0n) is 12.4. The maximum atomic E-state index is 11.2. The highest BCUT2D eigenvalue weighted by atomic mass is 32.2. The minimum atomic E-state index is -1.12. The van der Waals surface area contributed by atoms with E-state index in [0.717, 1.165) is 11.8 Å². The number of ether oxygens (including phenoxy) is 2. The Labute approximate surface area is 128 Å². The van der Waals surface area contributed by atoms with Gasteiger partial charge in [0.2, 0.25) is 0 Å². The van der Waals surface area contributed by atoms with Gasteiger partial charge in [0, 0.05) is 27.1 Å². The summed E-state index contributed by atoms with van der Waals surface area (Å²) in [5.74, 6) is 0. The van der Waals surface area contributed by atoms with E-state index < -0.39 is 29.8 Å². The van der Waals surface area contributed by atoms with Crippen LogP contribution in [0.1, 0.15) is 13.3 Å². The van der Waals surface area contributed by atoms with Gasteiger partial charge in [0.05, 0.1) is 6.10 Å². The standard InChI is InChI=1S/C12H23N3O5S/c1-4-14-12(18)19-6-8-10(17)7(16)5-9(20-8)21-11(13)15(2)3/h7-10,13,16-17H,4-6H2,1-3H3,(H,14,18)/t7-,8-,9-,10+/m1/s1. The van der Waals surface area contributed by atoms with E-state index in [9.17, 15) is 15.0 Å². The second-order valence-corrected chi connectivity index (χ2v) is 5.99. The number of alkyl carbamates (subject to hydrolysis) is 1. The number of aliphatic hydroxyl groups excluding tert-OH is 2. The van der Waals surface area contributed by atoms with E-state index in [1.807, 2.05) is 0 Å². The SMILES string of the molecule is CCNC(=O)OC[C@H]1O[C@H](SC(=N)N(C)C)C[C@@H](O)[C@@H]1O. The summed E-state index contributed by atoms with van der Waals surface area (Å²) in [6, 6.07) is 0. The first-order chi connectivity index (χ1) is 9.85. The lowest BCUT2D eigenvalue weighted by Crippen LogP contribution is -2.50. The van der Waals surface area contributed by atoms with Gasteiger partial charge in [-0.15, -0.1) is 0 Å². The Morgan fingerprint density at radius 1 is 1.52 bits per heavy atom. The van der Waals surface area contributed by atoms with Crippen molar-refractivity contribution in [1.29, 1.82) is 5.41 Å². The second kappa shape index (κ2) is 8.42. The van der Waals surface area contributed by atoms with Crippen LogP contribution in [-0.2, 0) is 9.47 Å². The highest BCUT2D eigenvalue weighted by Gasteiger charge is 2.38. The first kappa shape index (κ1) is 18.0. The number of nitrogens with zero attached hydrogens (tertiary/aromatic N) is 1. The van der Waals surface area contributed by atoms with Crippen molar-refractivity contribution in [2.45, 2.75) is 37.1 Å². The number of hydrogen-bond donors (Lipinski definition) is 4. The number of amidine groups is 1. The average Bonchev–Trinajstić information content (AvgIpc) is 2.41. The summed E-state index contributed by atoms with van der Waals surface area (Å²) in [7, 11) is 3.47. The lowest BCUT2D eigenvalue weighted by Gasteiger charge is -2.36. The molecular formula is C12H23N3O5S. The number of aliphatic hydroxyl groups is 2. The second-order valence-electron chi connectivity index (χ2n) is 4.84. The Kier molecular flexibility index (Phi) is 7.23. The number of carbonyl (C=O) groups is 1. The lowest BCUT2D eigenvalue weighted by molar-refractivity contribution is -0.157. The molecule has 122 valence electrons. The topological polar surface area (TPSA) is 115 Å². The number of amides is 1. The van der Waals surface area contributed by atoms with Gasteiger partial charge in [-0.1, -0.05) is 11.8 Å². The summed E-state index contributed by atoms with van der Waals surface area (Å²) in [5, 5.41) is 30.2. The Morgan fingerprint density at radius 2 is 2.19 bits per heavy atom. The third kappa shape index (κ3) is 5.70. The van der Waals surface area contributed by atoms with Crippen molar-refractivity contribution >= 4 is 23.0 Å². The largest absolute Gasteiger partial charge is 0.447 e. The van der Waals surface area contributed by atoms with Crippen molar-refractivity contribution in [2.75, 3.05) is 27.2 Å². The first-order valence-electron chi connectivity index (χ1n) is 6.69. The number of nitrogens with one attached hydrogen (secondary N) is 2. The molecule has 1 amide bonds. The number of rotatable bonds is 4. The molecule has 0 bridgehead atoms. The molecule has 0 radical (unpaired) electrons. The fourth-order valence-electron chi connectivity index (χ4n) is 1.71. The van der Waals surface area contributed by atoms with E-state index in [2.05, 4.69) is 5.32 Å². The summed E-state index contributed by atoms with van der Waals surface area (Å²) < 4.78 is 10.5. The number of hydrogen-bond acceptors (Lipinski definition) is 7. The molecule has 1 heterocycles. The van der Waals surface area contributed by atoms with E-state index in [0.29, 0.717) is 6.54 Å². The van der Waals surface area contributed by atoms with Crippen molar-refractivity contribution in [3.05, 3.63) is 0 Å². The fraction of sp³-hybridized carbons (Fsp3) is 0.833. The molecular weight excluding hydrogens is 298 g/mol. The highest BCUT2D eigenvalue weighted by Crippen LogP contribution is 2.29. The average molecular weight is 321 g/mol. The van der Waals surface area contributed by atoms with Crippen molar-refractivity contribution in [1.82, 2.24) is 10.2 Å². The van der Waals surface area contributed by atoms with Crippen LogP contribution in [-0.4, -0.2) is 77.4 Å². The van der Waals surface area contributed by atoms with E-state index >= 15 is 0 Å². The van der Waals surface area contributed by atoms with Gasteiger partial charge < -0.3 is 29.9 Å². The van der Waals surface area contributed by atoms with Crippen LogP contribution >= 0.6 is 11.8 Å². The van der Waals surface area contributed by atoms with Gasteiger partial charge in [-0.25, -0.2) is 4.79 Å². The van der Waals surface area contributed by atoms with Gasteiger partial charge >= 0.3 is 6.09 Å². The van der Waals surface area contributed by atoms with Crippen LogP contribution in [0.2, 0.25) is 0 Å². The van der Waals surface area contributed by atoms with Gasteiger partial charge in [-0.3, -0.25) is 5.41 Å². The summed E-state index contributed by atoms with van der Waals surface area (Å²) in [5.41, 5.74) is -0.471. The van der Waals surface area contributed by atoms with Gasteiger partial charge in [-0.05, 0) is 6.92 Å². The molecule has 0 aromatic carbocycles. The Hall–Kier alpha value is -1.03. The maximum absolute atomic E-state index is 11.2. The zero-order valence-corrected chi connectivity index (χ0v) is 13.2. The quantitative estimate of drug-likeness (QED) is 0.418. The van der Waals surface area contributed by atoms with E-state index in [1.165, 1.54) is 0 Å². The summed E-state index contributed by atoms with van der Waals surface area (Å²) in [4.78, 5) is 12.9. The Bertz CT molecular complexity index is 369. The van der Waals surface area contributed by atoms with Crippen LogP contribution < -0.4 is 5.32 Å². The minimum Gasteiger partial charge on any atom is -0.447 e. The monoisotopic (exact) mass is 321 g/mol. The summed E-state index contributed by atoms with van der Waals surface area (Å²) in [6.45, 7) is 2.04. The molecule has 1 fully saturated rings. The molecule has 0 unspecified atom stereocenters. The predicted octanol–water partition coefficient (Wildman–Crippen LogP) is -0.201. The molecule has 0 aromatic heterocycles. The normalized spacial score (nSPS) is 28.8. The van der Waals surface area contributed by atoms with Crippen LogP contribution in [0.25, 0.3) is 0 Å². The molecule has 1 saturated heterocycles. The number of carbonyl (C=O) groups excluding carboxylic acids is 1. The number of thioether (sulfide) groups is 1. The Balaban J connectivity index is 2.53. The van der Waals surface area contributed by atoms with Crippen molar-refractivity contribution < 1.29 is 24.5 Å². The molecule has 21 heavy (non-hydrogen) atoms. The van der Waals surface area contributed by atoms with Gasteiger partial charge in [0.1, 0.15) is 24.3 Å². The van der Waals surface area contributed by atoms with Gasteiger partial charge in [0.15, 0.2) is 5.17 Å². The molecule has 4 atom stereocenters. The fourth-order valence-corrected chi connectivity index (χ4v) is 2.66. The molecule has 0 saturated carbocycles. The summed E-state index contributed by atoms with van der Waals surface area (Å²) >= 11 is 1.14. The van der Waals surface area contributed by atoms with Crippen molar-refractivity contribution in [3.63, 3.8) is 0 Å². The van der Waals surface area contributed by atoms with Gasteiger partial charge in [-0.2, -0.15) is 0 Å². The molecule has 0 aromatic rings. The van der Waals surface area contributed by atoms with Gasteiger partial charge in [0.25, 0.3) is 0 Å². The van der Waals surface area contributed by atoms with Crippen molar-refractivity contribution in [2.24, 2.45) is 0 Å². The predicted molar refractivity (Wildman–Crippen MR) is 79.3 cm³/mol. The third-order valence-electron chi connectivity index (χ3n) is 2.88. The molecule has 9 heteroatoms.